The zero-order valence-electron chi connectivity index (χ0n) is 37.3. The Morgan fingerprint density at radius 3 is 2.38 bits per heavy atom. The van der Waals surface area contributed by atoms with Crippen LogP contribution in [0, 0.1) is 88.1 Å². The number of nitrogens with one attached hydrogen (secondary N) is 1. The van der Waals surface area contributed by atoms with Crippen molar-refractivity contribution in [2.24, 2.45) is 39.9 Å². The number of hydrogen-bond donors (Lipinski definition) is 9. The first-order valence-corrected chi connectivity index (χ1v) is 21.5. The third kappa shape index (κ3) is 12.4. The molecule has 2 bridgehead atoms. The van der Waals surface area contributed by atoms with Crippen molar-refractivity contribution in [2.75, 3.05) is 47.8 Å². The van der Waals surface area contributed by atoms with E-state index in [1.807, 2.05) is 6.08 Å². The molecule has 1 aromatic rings. The smallest absolute Gasteiger partial charge is 0.332 e. The Balaban J connectivity index is 0.000000441. The van der Waals surface area contributed by atoms with Crippen LogP contribution in [0.3, 0.4) is 0 Å². The molecule has 1 radical (unpaired) electrons. The SMILES string of the molecule is CO.CO.CO[C@@H]1OC[C@H](O)CC1O.OCCCC(O)CCO.[CH2-]/C=C/CC1CCC2C1(C)CC[C@@H]1C3(C)CCC(OC(=O)COCc4cn[nH]n4)C[C@]3(O)C3=C[C@]21C3C.[Pr]. The van der Waals surface area contributed by atoms with Gasteiger partial charge in [-0.25, -0.2) is 23.9 Å². The molecule has 4 saturated carbocycles. The second-order valence-corrected chi connectivity index (χ2v) is 17.5. The van der Waals surface area contributed by atoms with E-state index in [0.717, 1.165) is 39.4 Å². The molecule has 1 aliphatic heterocycles. The Hall–Kier alpha value is -1.12. The number of H-pyrrole nitrogens is 1. The van der Waals surface area contributed by atoms with E-state index in [-0.39, 0.29) is 97.2 Å². The van der Waals surface area contributed by atoms with E-state index in [1.165, 1.54) is 38.4 Å². The van der Waals surface area contributed by atoms with Gasteiger partial charge in [0.05, 0.1) is 37.2 Å². The normalized spacial score (nSPS) is 36.9. The Bertz CT molecular complexity index is 1470. The van der Waals surface area contributed by atoms with Crippen LogP contribution in [-0.2, 0) is 30.3 Å². The number of aromatic nitrogens is 3. The zero-order chi connectivity index (χ0) is 44.7. The number of carbonyl (C=O) groups excluding carboxylic acids is 1. The molecule has 5 fully saturated rings. The van der Waals surface area contributed by atoms with Crippen molar-refractivity contribution >= 4 is 5.97 Å². The van der Waals surface area contributed by atoms with Crippen LogP contribution in [0.25, 0.3) is 0 Å². The molecule has 17 heteroatoms. The maximum absolute atomic E-state index is 12.5. The van der Waals surface area contributed by atoms with Gasteiger partial charge in [0.15, 0.2) is 6.29 Å². The fourth-order valence-corrected chi connectivity index (χ4v) is 11.7. The molecule has 8 rings (SSSR count). The van der Waals surface area contributed by atoms with Gasteiger partial charge in [0.1, 0.15) is 24.5 Å². The van der Waals surface area contributed by atoms with Crippen molar-refractivity contribution in [3.8, 4) is 0 Å². The van der Waals surface area contributed by atoms with E-state index in [4.69, 9.17) is 54.7 Å². The van der Waals surface area contributed by atoms with Gasteiger partial charge >= 0.3 is 5.97 Å². The van der Waals surface area contributed by atoms with Crippen molar-refractivity contribution in [3.63, 3.8) is 0 Å². The van der Waals surface area contributed by atoms with Crippen LogP contribution < -0.4 is 0 Å². The molecule has 6 aliphatic carbocycles. The van der Waals surface area contributed by atoms with E-state index in [9.17, 15) is 9.90 Å². The number of aliphatic hydroxyl groups excluding tert-OH is 7. The summed E-state index contributed by atoms with van der Waals surface area (Å²) in [4.78, 5) is 12.5. The first-order chi connectivity index (χ1) is 28.7. The van der Waals surface area contributed by atoms with Gasteiger partial charge in [-0.15, -0.1) is 0 Å². The van der Waals surface area contributed by atoms with Crippen LogP contribution in [0.5, 0.6) is 0 Å². The molecule has 0 amide bonds. The fourth-order valence-electron chi connectivity index (χ4n) is 11.7. The number of aromatic amines is 1. The standard InChI is InChI=1S/C30H42N3O4.C6H12O4.C6H14O3.2CH4O.Pr/c1-5-6-7-20-8-9-24-27(20,3)12-11-25-28(4)13-10-22(14-30(28,35)23-15-29(24,25)19(23)2)37-26(34)18-36-17-21-16-31-33-32-21;1-9-6-5(8)2-4(7)3-10-6;7-4-1-2-6(9)3-5-8;2*1-2;/h5-6,15-16,19-20,22,24-25,35H,1,7-14,17-18H2,2-4H3,(H,31,32,33);4-8H,2-3H2,1H3;6-9H,1-5H2;2*2H,1H3;/q-1;;;;;/b6-5+;;;;;/t19?,20?,22?,24?,25-,27?,28?,29+,30+;4-,5?,6-;;;;/m11..../s1. The summed E-state index contributed by atoms with van der Waals surface area (Å²) in [5.74, 6) is 1.87. The van der Waals surface area contributed by atoms with Gasteiger partial charge in [0, 0.05) is 99.5 Å². The van der Waals surface area contributed by atoms with Crippen LogP contribution in [0.1, 0.15) is 104 Å². The van der Waals surface area contributed by atoms with E-state index in [1.54, 1.807) is 6.20 Å². The summed E-state index contributed by atoms with van der Waals surface area (Å²) in [6.45, 7) is 11.6. The monoisotopic (exact) mass is 995 g/mol. The first kappa shape index (κ1) is 56.0. The van der Waals surface area contributed by atoms with E-state index in [2.05, 4.69) is 55.3 Å². The predicted molar refractivity (Wildman–Crippen MR) is 222 cm³/mol. The summed E-state index contributed by atoms with van der Waals surface area (Å²) in [6, 6.07) is 0. The Labute approximate surface area is 395 Å². The largest absolute Gasteiger partial charge is 0.461 e. The average molecular weight is 996 g/mol. The summed E-state index contributed by atoms with van der Waals surface area (Å²) < 4.78 is 21.0. The number of aliphatic hydroxyl groups is 8. The fraction of sp³-hybridized carbons (Fsp3) is 0.818. The first-order valence-electron chi connectivity index (χ1n) is 21.5. The molecule has 1 spiro atoms. The molecule has 349 valence electrons. The van der Waals surface area contributed by atoms with E-state index >= 15 is 0 Å². The minimum Gasteiger partial charge on any atom is -0.461 e. The van der Waals surface area contributed by atoms with Crippen molar-refractivity contribution < 1.29 is 106 Å². The third-order valence-corrected chi connectivity index (χ3v) is 14.5. The van der Waals surface area contributed by atoms with Gasteiger partial charge in [-0.3, -0.25) is 0 Å². The van der Waals surface area contributed by atoms with Crippen LogP contribution in [0.15, 0.2) is 30.0 Å². The number of carbonyl (C=O) groups is 1. The van der Waals surface area contributed by atoms with Crippen molar-refractivity contribution in [3.05, 3.63) is 42.6 Å². The van der Waals surface area contributed by atoms with E-state index in [0.29, 0.717) is 61.0 Å². The minimum atomic E-state index is -0.911. The quantitative estimate of drug-likeness (QED) is 0.0783. The van der Waals surface area contributed by atoms with Crippen LogP contribution in [-0.4, -0.2) is 146 Å². The number of esters is 1. The van der Waals surface area contributed by atoms with Gasteiger partial charge in [-0.1, -0.05) is 39.7 Å². The van der Waals surface area contributed by atoms with Gasteiger partial charge in [0.25, 0.3) is 0 Å². The van der Waals surface area contributed by atoms with Crippen molar-refractivity contribution in [1.82, 2.24) is 15.4 Å². The number of hydrogen-bond acceptors (Lipinski definition) is 15. The van der Waals surface area contributed by atoms with E-state index < -0.39 is 30.2 Å². The van der Waals surface area contributed by atoms with Crippen LogP contribution in [0.2, 0.25) is 0 Å². The molecular formula is C44H76N3O13Pr-. The molecular weight excluding hydrogens is 919 g/mol. The summed E-state index contributed by atoms with van der Waals surface area (Å²) >= 11 is 0. The maximum Gasteiger partial charge on any atom is 0.332 e. The molecule has 2 heterocycles. The second-order valence-electron chi connectivity index (χ2n) is 17.5. The topological polar surface area (TPSA) is 257 Å². The Morgan fingerprint density at radius 1 is 1.07 bits per heavy atom. The summed E-state index contributed by atoms with van der Waals surface area (Å²) in [5, 5.41) is 80.2. The average Bonchev–Trinajstić information content (AvgIpc) is 3.89. The van der Waals surface area contributed by atoms with Gasteiger partial charge in [0.2, 0.25) is 0 Å². The number of fused-ring (bicyclic) bond motifs is 1. The molecule has 1 saturated heterocycles. The number of nitrogens with zero attached hydrogens (tertiary/aromatic N) is 2. The zero-order valence-corrected chi connectivity index (χ0v) is 41.0. The van der Waals surface area contributed by atoms with Crippen molar-refractivity contribution in [1.29, 1.82) is 0 Å². The van der Waals surface area contributed by atoms with Gasteiger partial charge in [-0.05, 0) is 86.0 Å². The predicted octanol–water partition coefficient (Wildman–Crippen LogP) is 2.77. The van der Waals surface area contributed by atoms with Crippen molar-refractivity contribution in [2.45, 2.75) is 141 Å². The number of ether oxygens (including phenoxy) is 4. The summed E-state index contributed by atoms with van der Waals surface area (Å²) in [7, 11) is 3.46. The molecule has 13 atom stereocenters. The molecule has 1 aromatic heterocycles. The van der Waals surface area contributed by atoms with Gasteiger partial charge < -0.3 is 59.8 Å². The molecule has 7 aliphatic rings. The molecule has 9 N–H and O–H groups in total. The summed E-state index contributed by atoms with van der Waals surface area (Å²) in [6.07, 6.45) is 16.0. The Kier molecular flexibility index (Phi) is 24.0. The summed E-state index contributed by atoms with van der Waals surface area (Å²) in [5.41, 5.74) is 1.32. The second kappa shape index (κ2) is 26.1. The number of rotatable bonds is 13. The third-order valence-electron chi connectivity index (χ3n) is 14.5. The van der Waals surface area contributed by atoms with Gasteiger partial charge in [-0.2, -0.15) is 15.4 Å². The minimum absolute atomic E-state index is 0. The van der Waals surface area contributed by atoms with Crippen LogP contribution >= 0.6 is 0 Å². The Morgan fingerprint density at radius 2 is 1.79 bits per heavy atom. The number of methoxy groups -OCH3 is 1. The maximum atomic E-state index is 12.5. The molecule has 8 unspecified atom stereocenters. The molecule has 0 aromatic carbocycles. The molecule has 16 nitrogen and oxygen atoms in total. The molecule has 61 heavy (non-hydrogen) atoms. The number of allylic oxidation sites excluding steroid dienone is 3. The van der Waals surface area contributed by atoms with Crippen LogP contribution in [0.4, 0.5) is 0 Å².